The minimum absolute atomic E-state index is 0.0312. The first kappa shape index (κ1) is 13.2. The van der Waals surface area contributed by atoms with E-state index in [-0.39, 0.29) is 18.3 Å². The van der Waals surface area contributed by atoms with Gasteiger partial charge in [-0.2, -0.15) is 0 Å². The molecule has 0 spiro atoms. The summed E-state index contributed by atoms with van der Waals surface area (Å²) in [7, 11) is 0. The first-order valence-corrected chi connectivity index (χ1v) is 4.30. The quantitative estimate of drug-likeness (QED) is 0.390. The molecule has 84 valence electrons. The Morgan fingerprint density at radius 3 is 2.60 bits per heavy atom. The standard InChI is InChI=1S/C10H14O5/c1-4-14-8(3)6-15-10(13)7(2)5-9(11)12/h4,8H,1-2,5-6H2,3H3,(H,11,12). The van der Waals surface area contributed by atoms with E-state index in [9.17, 15) is 9.59 Å². The van der Waals surface area contributed by atoms with E-state index >= 15 is 0 Å². The molecule has 5 heteroatoms. The van der Waals surface area contributed by atoms with Crippen LogP contribution in [0.3, 0.4) is 0 Å². The van der Waals surface area contributed by atoms with Gasteiger partial charge in [-0.1, -0.05) is 13.2 Å². The molecule has 0 aliphatic heterocycles. The second-order valence-corrected chi connectivity index (χ2v) is 2.89. The third-order valence-electron chi connectivity index (χ3n) is 1.43. The molecule has 1 atom stereocenters. The second-order valence-electron chi connectivity index (χ2n) is 2.89. The van der Waals surface area contributed by atoms with Gasteiger partial charge in [0, 0.05) is 5.57 Å². The molecule has 5 nitrogen and oxygen atoms in total. The van der Waals surface area contributed by atoms with Crippen molar-refractivity contribution in [3.8, 4) is 0 Å². The fourth-order valence-electron chi connectivity index (χ4n) is 0.753. The first-order valence-electron chi connectivity index (χ1n) is 4.30. The molecule has 0 aromatic heterocycles. The Labute approximate surface area is 88.0 Å². The van der Waals surface area contributed by atoms with E-state index in [1.54, 1.807) is 6.92 Å². The summed E-state index contributed by atoms with van der Waals surface area (Å²) in [6, 6.07) is 0. The van der Waals surface area contributed by atoms with Crippen LogP contribution >= 0.6 is 0 Å². The monoisotopic (exact) mass is 214 g/mol. The van der Waals surface area contributed by atoms with Crippen molar-refractivity contribution in [2.45, 2.75) is 19.4 Å². The van der Waals surface area contributed by atoms with Gasteiger partial charge in [-0.15, -0.1) is 0 Å². The Morgan fingerprint density at radius 1 is 1.53 bits per heavy atom. The third-order valence-corrected chi connectivity index (χ3v) is 1.43. The van der Waals surface area contributed by atoms with Crippen LogP contribution in [0.2, 0.25) is 0 Å². The zero-order valence-corrected chi connectivity index (χ0v) is 8.56. The van der Waals surface area contributed by atoms with Crippen molar-refractivity contribution in [3.05, 3.63) is 25.0 Å². The smallest absolute Gasteiger partial charge is 0.334 e. The molecule has 0 amide bonds. The average Bonchev–Trinajstić information content (AvgIpc) is 2.13. The van der Waals surface area contributed by atoms with Crippen molar-refractivity contribution in [1.82, 2.24) is 0 Å². The lowest BCUT2D eigenvalue weighted by molar-refractivity contribution is -0.144. The van der Waals surface area contributed by atoms with Crippen LogP contribution in [0.1, 0.15) is 13.3 Å². The molecule has 0 saturated carbocycles. The molecule has 1 N–H and O–H groups in total. The summed E-state index contributed by atoms with van der Waals surface area (Å²) in [4.78, 5) is 21.4. The number of hydrogen-bond donors (Lipinski definition) is 1. The van der Waals surface area contributed by atoms with E-state index in [0.717, 1.165) is 0 Å². The second kappa shape index (κ2) is 6.64. The number of rotatable bonds is 7. The van der Waals surface area contributed by atoms with Gasteiger partial charge in [-0.3, -0.25) is 4.79 Å². The minimum Gasteiger partial charge on any atom is -0.495 e. The van der Waals surface area contributed by atoms with Crippen LogP contribution in [0.4, 0.5) is 0 Å². The number of hydrogen-bond acceptors (Lipinski definition) is 4. The Bertz CT molecular complexity index is 269. The van der Waals surface area contributed by atoms with Crippen molar-refractivity contribution < 1.29 is 24.2 Å². The predicted octanol–water partition coefficient (Wildman–Crippen LogP) is 1.11. The molecule has 0 saturated heterocycles. The molecule has 0 fully saturated rings. The number of carboxylic acid groups (broad SMARTS) is 1. The van der Waals surface area contributed by atoms with Gasteiger partial charge in [0.05, 0.1) is 12.7 Å². The van der Waals surface area contributed by atoms with Crippen LogP contribution in [-0.4, -0.2) is 29.8 Å². The molecular formula is C10H14O5. The lowest BCUT2D eigenvalue weighted by Crippen LogP contribution is -2.18. The van der Waals surface area contributed by atoms with E-state index in [1.165, 1.54) is 6.26 Å². The van der Waals surface area contributed by atoms with Crippen LogP contribution in [0.15, 0.2) is 25.0 Å². The van der Waals surface area contributed by atoms with Crippen LogP contribution in [0.5, 0.6) is 0 Å². The van der Waals surface area contributed by atoms with Crippen LogP contribution in [0.25, 0.3) is 0 Å². The van der Waals surface area contributed by atoms with Crippen molar-refractivity contribution >= 4 is 11.9 Å². The number of esters is 1. The maximum absolute atomic E-state index is 11.1. The Balaban J connectivity index is 3.87. The van der Waals surface area contributed by atoms with Gasteiger partial charge in [-0.25, -0.2) is 4.79 Å². The Morgan fingerprint density at radius 2 is 2.13 bits per heavy atom. The van der Waals surface area contributed by atoms with Gasteiger partial charge in [0.25, 0.3) is 0 Å². The predicted molar refractivity (Wildman–Crippen MR) is 53.1 cm³/mol. The number of aliphatic carboxylic acids is 1. The molecule has 0 aliphatic rings. The topological polar surface area (TPSA) is 72.8 Å². The highest BCUT2D eigenvalue weighted by molar-refractivity contribution is 5.92. The van der Waals surface area contributed by atoms with Crippen molar-refractivity contribution in [2.24, 2.45) is 0 Å². The van der Waals surface area contributed by atoms with Crippen molar-refractivity contribution in [3.63, 3.8) is 0 Å². The maximum Gasteiger partial charge on any atom is 0.334 e. The fourth-order valence-corrected chi connectivity index (χ4v) is 0.753. The average molecular weight is 214 g/mol. The van der Waals surface area contributed by atoms with Gasteiger partial charge in [-0.05, 0) is 6.92 Å². The summed E-state index contributed by atoms with van der Waals surface area (Å²) in [5, 5.41) is 8.39. The molecular weight excluding hydrogens is 200 g/mol. The SMILES string of the molecule is C=COC(C)COC(=O)C(=C)CC(=O)O. The summed E-state index contributed by atoms with van der Waals surface area (Å²) in [5.74, 6) is -1.84. The highest BCUT2D eigenvalue weighted by atomic mass is 16.6. The van der Waals surface area contributed by atoms with E-state index in [2.05, 4.69) is 13.2 Å². The normalized spacial score (nSPS) is 11.3. The molecule has 0 bridgehead atoms. The zero-order chi connectivity index (χ0) is 11.8. The molecule has 0 aliphatic carbocycles. The number of carboxylic acids is 1. The summed E-state index contributed by atoms with van der Waals surface area (Å²) in [6.45, 7) is 8.37. The Kier molecular flexibility index (Phi) is 5.85. The molecule has 0 aromatic carbocycles. The van der Waals surface area contributed by atoms with Gasteiger partial charge in [0.2, 0.25) is 0 Å². The summed E-state index contributed by atoms with van der Waals surface area (Å²) < 4.78 is 9.64. The summed E-state index contributed by atoms with van der Waals surface area (Å²) in [5.41, 5.74) is -0.0895. The third kappa shape index (κ3) is 6.31. The van der Waals surface area contributed by atoms with Gasteiger partial charge < -0.3 is 14.6 Å². The van der Waals surface area contributed by atoms with Crippen LogP contribution in [0, 0.1) is 0 Å². The van der Waals surface area contributed by atoms with E-state index < -0.39 is 18.4 Å². The van der Waals surface area contributed by atoms with Crippen LogP contribution < -0.4 is 0 Å². The van der Waals surface area contributed by atoms with E-state index in [0.29, 0.717) is 0 Å². The highest BCUT2D eigenvalue weighted by Crippen LogP contribution is 2.02. The minimum atomic E-state index is -1.12. The van der Waals surface area contributed by atoms with Gasteiger partial charge >= 0.3 is 11.9 Å². The zero-order valence-electron chi connectivity index (χ0n) is 8.56. The lowest BCUT2D eigenvalue weighted by Gasteiger charge is -2.11. The molecule has 1 unspecified atom stereocenters. The molecule has 15 heavy (non-hydrogen) atoms. The van der Waals surface area contributed by atoms with Crippen LogP contribution in [-0.2, 0) is 19.1 Å². The maximum atomic E-state index is 11.1. The lowest BCUT2D eigenvalue weighted by atomic mass is 10.2. The summed E-state index contributed by atoms with van der Waals surface area (Å²) in [6.07, 6.45) is 0.504. The molecule has 0 aromatic rings. The van der Waals surface area contributed by atoms with Gasteiger partial charge in [0.1, 0.15) is 12.7 Å². The molecule has 0 heterocycles. The fraction of sp³-hybridized carbons (Fsp3) is 0.400. The number of carbonyl (C=O) groups is 2. The Hall–Kier alpha value is -1.78. The first-order chi connectivity index (χ1) is 6.97. The molecule has 0 rings (SSSR count). The van der Waals surface area contributed by atoms with Gasteiger partial charge in [0.15, 0.2) is 0 Å². The van der Waals surface area contributed by atoms with E-state index in [1.807, 2.05) is 0 Å². The number of carbonyl (C=O) groups excluding carboxylic acids is 1. The number of ether oxygens (including phenoxy) is 2. The van der Waals surface area contributed by atoms with E-state index in [4.69, 9.17) is 14.6 Å². The van der Waals surface area contributed by atoms with Crippen molar-refractivity contribution in [2.75, 3.05) is 6.61 Å². The largest absolute Gasteiger partial charge is 0.495 e. The highest BCUT2D eigenvalue weighted by Gasteiger charge is 2.13. The summed E-state index contributed by atoms with van der Waals surface area (Å²) >= 11 is 0. The molecule has 0 radical (unpaired) electrons. The van der Waals surface area contributed by atoms with Crippen molar-refractivity contribution in [1.29, 1.82) is 0 Å².